The zero-order valence-corrected chi connectivity index (χ0v) is 17.1. The number of hydrogen-bond donors (Lipinski definition) is 2. The lowest BCUT2D eigenvalue weighted by Crippen LogP contribution is -2.37. The standard InChI is InChI=1S/C18H19F3N4O2.HI/c19-18(20,21)12-5-6-16(24-11-12)27-10-8-23-17(22)25-14-7-9-26-15-4-2-1-3-13(14)15;/h1-6,11,14H,7-10H2,(H3,22,23,25);1H. The molecule has 0 radical (unpaired) electrons. The third-order valence-electron chi connectivity index (χ3n) is 3.97. The molecule has 10 heteroatoms. The molecule has 0 spiro atoms. The number of benzene rings is 1. The van der Waals surface area contributed by atoms with E-state index in [0.717, 1.165) is 30.0 Å². The maximum absolute atomic E-state index is 12.5. The average molecular weight is 508 g/mol. The van der Waals surface area contributed by atoms with Crippen LogP contribution in [0.5, 0.6) is 11.6 Å². The summed E-state index contributed by atoms with van der Waals surface area (Å²) in [6, 6.07) is 9.82. The Morgan fingerprint density at radius 2 is 2.07 bits per heavy atom. The van der Waals surface area contributed by atoms with E-state index >= 15 is 0 Å². The van der Waals surface area contributed by atoms with E-state index in [-0.39, 0.29) is 55.0 Å². The van der Waals surface area contributed by atoms with Crippen molar-refractivity contribution in [2.75, 3.05) is 19.8 Å². The second-order valence-corrected chi connectivity index (χ2v) is 5.87. The Bertz CT molecular complexity index is 800. The van der Waals surface area contributed by atoms with Crippen LogP contribution in [-0.2, 0) is 6.18 Å². The van der Waals surface area contributed by atoms with Crippen molar-refractivity contribution in [2.45, 2.75) is 18.6 Å². The van der Waals surface area contributed by atoms with Gasteiger partial charge < -0.3 is 20.5 Å². The summed E-state index contributed by atoms with van der Waals surface area (Å²) in [5.41, 5.74) is 6.11. The molecule has 1 aromatic heterocycles. The molecule has 28 heavy (non-hydrogen) atoms. The van der Waals surface area contributed by atoms with Gasteiger partial charge in [-0.3, -0.25) is 0 Å². The van der Waals surface area contributed by atoms with Crippen molar-refractivity contribution in [1.82, 2.24) is 10.3 Å². The number of nitrogens with one attached hydrogen (secondary N) is 1. The monoisotopic (exact) mass is 508 g/mol. The second kappa shape index (κ2) is 9.80. The van der Waals surface area contributed by atoms with E-state index in [1.54, 1.807) is 0 Å². The fraction of sp³-hybridized carbons (Fsp3) is 0.333. The molecule has 0 aliphatic carbocycles. The average Bonchev–Trinajstić information content (AvgIpc) is 2.65. The molecule has 3 N–H and O–H groups in total. The fourth-order valence-electron chi connectivity index (χ4n) is 2.67. The molecule has 0 fully saturated rings. The van der Waals surface area contributed by atoms with E-state index < -0.39 is 11.7 Å². The zero-order chi connectivity index (χ0) is 19.3. The normalized spacial score (nSPS) is 16.4. The van der Waals surface area contributed by atoms with Crippen molar-refractivity contribution in [3.63, 3.8) is 0 Å². The van der Waals surface area contributed by atoms with Crippen LogP contribution in [0.4, 0.5) is 13.2 Å². The summed E-state index contributed by atoms with van der Waals surface area (Å²) in [4.78, 5) is 7.80. The number of alkyl halides is 3. The number of nitrogens with two attached hydrogens (primary N) is 1. The third kappa shape index (κ3) is 5.88. The van der Waals surface area contributed by atoms with E-state index in [1.807, 2.05) is 24.3 Å². The minimum Gasteiger partial charge on any atom is -0.493 e. The Kier molecular flexibility index (Phi) is 7.72. The predicted octanol–water partition coefficient (Wildman–Crippen LogP) is 3.53. The van der Waals surface area contributed by atoms with Crippen molar-refractivity contribution in [2.24, 2.45) is 10.7 Å². The Labute approximate surface area is 177 Å². The minimum absolute atomic E-state index is 0. The highest BCUT2D eigenvalue weighted by atomic mass is 127. The van der Waals surface area contributed by atoms with Gasteiger partial charge in [-0.1, -0.05) is 18.2 Å². The first-order valence-corrected chi connectivity index (χ1v) is 8.38. The molecule has 1 unspecified atom stereocenters. The largest absolute Gasteiger partial charge is 0.493 e. The number of rotatable bonds is 5. The zero-order valence-electron chi connectivity index (χ0n) is 14.8. The van der Waals surface area contributed by atoms with Gasteiger partial charge in [-0.25, -0.2) is 9.98 Å². The molecule has 6 nitrogen and oxygen atoms in total. The van der Waals surface area contributed by atoms with Gasteiger partial charge in [0.1, 0.15) is 12.4 Å². The molecule has 3 rings (SSSR count). The lowest BCUT2D eigenvalue weighted by atomic mass is 10.0. The lowest BCUT2D eigenvalue weighted by molar-refractivity contribution is -0.137. The first-order chi connectivity index (χ1) is 12.9. The highest BCUT2D eigenvalue weighted by Gasteiger charge is 2.30. The Balaban J connectivity index is 0.00000280. The summed E-state index contributed by atoms with van der Waals surface area (Å²) in [6.45, 7) is 0.974. The van der Waals surface area contributed by atoms with Crippen molar-refractivity contribution >= 4 is 29.9 Å². The van der Waals surface area contributed by atoms with Crippen LogP contribution in [0.15, 0.2) is 47.6 Å². The van der Waals surface area contributed by atoms with Crippen LogP contribution in [-0.4, -0.2) is 30.7 Å². The third-order valence-corrected chi connectivity index (χ3v) is 3.97. The van der Waals surface area contributed by atoms with E-state index in [2.05, 4.69) is 15.3 Å². The molecular weight excluding hydrogens is 488 g/mol. The number of ether oxygens (including phenoxy) is 2. The molecule has 2 aromatic rings. The maximum Gasteiger partial charge on any atom is 0.417 e. The molecule has 1 aromatic carbocycles. The molecule has 0 bridgehead atoms. The number of halogens is 4. The number of para-hydroxylation sites is 1. The van der Waals surface area contributed by atoms with Gasteiger partial charge in [0.2, 0.25) is 5.88 Å². The number of aromatic nitrogens is 1. The van der Waals surface area contributed by atoms with Gasteiger partial charge in [0.15, 0.2) is 5.96 Å². The maximum atomic E-state index is 12.5. The molecule has 1 aliphatic rings. The van der Waals surface area contributed by atoms with Crippen LogP contribution >= 0.6 is 24.0 Å². The molecule has 0 amide bonds. The topological polar surface area (TPSA) is 81.8 Å². The van der Waals surface area contributed by atoms with E-state index in [4.69, 9.17) is 15.2 Å². The van der Waals surface area contributed by atoms with Crippen LogP contribution in [0.25, 0.3) is 0 Å². The smallest absolute Gasteiger partial charge is 0.417 e. The van der Waals surface area contributed by atoms with E-state index in [0.29, 0.717) is 6.61 Å². The summed E-state index contributed by atoms with van der Waals surface area (Å²) in [5.74, 6) is 1.19. The summed E-state index contributed by atoms with van der Waals surface area (Å²) in [7, 11) is 0. The number of guanidine groups is 1. The van der Waals surface area contributed by atoms with E-state index in [1.165, 1.54) is 6.07 Å². The summed E-state index contributed by atoms with van der Waals surface area (Å²) < 4.78 is 48.3. The van der Waals surface area contributed by atoms with Crippen LogP contribution < -0.4 is 20.5 Å². The first kappa shape index (κ1) is 22.1. The van der Waals surface area contributed by atoms with Gasteiger partial charge in [0.25, 0.3) is 0 Å². The Hall–Kier alpha value is -2.24. The quantitative estimate of drug-likeness (QED) is 0.280. The highest BCUT2D eigenvalue weighted by Crippen LogP contribution is 2.31. The second-order valence-electron chi connectivity index (χ2n) is 5.87. The summed E-state index contributed by atoms with van der Waals surface area (Å²) in [5, 5.41) is 3.15. The molecule has 0 saturated heterocycles. The molecular formula is C18H20F3IN4O2. The minimum atomic E-state index is -4.42. The first-order valence-electron chi connectivity index (χ1n) is 8.38. The van der Waals surface area contributed by atoms with Gasteiger partial charge in [0, 0.05) is 24.2 Å². The van der Waals surface area contributed by atoms with Crippen molar-refractivity contribution in [3.05, 3.63) is 53.7 Å². The molecule has 1 atom stereocenters. The SMILES string of the molecule is I.NC(=NCCOc1ccc(C(F)(F)F)cn1)NC1CCOc2ccccc21. The lowest BCUT2D eigenvalue weighted by Gasteiger charge is -2.26. The van der Waals surface area contributed by atoms with Gasteiger partial charge in [-0.15, -0.1) is 24.0 Å². The van der Waals surface area contributed by atoms with Crippen molar-refractivity contribution in [3.8, 4) is 11.6 Å². The number of pyridine rings is 1. The molecule has 1 aliphatic heterocycles. The van der Waals surface area contributed by atoms with Crippen LogP contribution in [0.3, 0.4) is 0 Å². The van der Waals surface area contributed by atoms with Crippen molar-refractivity contribution < 1.29 is 22.6 Å². The van der Waals surface area contributed by atoms with Crippen molar-refractivity contribution in [1.29, 1.82) is 0 Å². The highest BCUT2D eigenvalue weighted by molar-refractivity contribution is 14.0. The molecule has 0 saturated carbocycles. The predicted molar refractivity (Wildman–Crippen MR) is 109 cm³/mol. The molecule has 152 valence electrons. The Morgan fingerprint density at radius 1 is 1.29 bits per heavy atom. The van der Waals surface area contributed by atoms with Gasteiger partial charge in [-0.05, 0) is 12.1 Å². The van der Waals surface area contributed by atoms with Crippen LogP contribution in [0, 0.1) is 0 Å². The fourth-order valence-corrected chi connectivity index (χ4v) is 2.67. The van der Waals surface area contributed by atoms with Gasteiger partial charge in [-0.2, -0.15) is 13.2 Å². The van der Waals surface area contributed by atoms with Gasteiger partial charge >= 0.3 is 6.18 Å². The number of aliphatic imine (C=N–C) groups is 1. The number of fused-ring (bicyclic) bond motifs is 1. The van der Waals surface area contributed by atoms with Gasteiger partial charge in [0.05, 0.1) is 24.8 Å². The molecule has 2 heterocycles. The Morgan fingerprint density at radius 3 is 2.79 bits per heavy atom. The van der Waals surface area contributed by atoms with E-state index in [9.17, 15) is 13.2 Å². The van der Waals surface area contributed by atoms with Crippen LogP contribution in [0.1, 0.15) is 23.6 Å². The summed E-state index contributed by atoms with van der Waals surface area (Å²) >= 11 is 0. The summed E-state index contributed by atoms with van der Waals surface area (Å²) in [6.07, 6.45) is -2.92. The number of nitrogens with zero attached hydrogens (tertiary/aromatic N) is 2. The van der Waals surface area contributed by atoms with Crippen LogP contribution in [0.2, 0.25) is 0 Å². The number of hydrogen-bond acceptors (Lipinski definition) is 4.